The predicted octanol–water partition coefficient (Wildman–Crippen LogP) is 2.65. The molecule has 5 nitrogen and oxygen atoms in total. The molecule has 0 unspecified atom stereocenters. The zero-order valence-electron chi connectivity index (χ0n) is 17.1. The van der Waals surface area contributed by atoms with E-state index >= 15 is 0 Å². The van der Waals surface area contributed by atoms with E-state index in [1.54, 1.807) is 0 Å². The lowest BCUT2D eigenvalue weighted by Gasteiger charge is -2.41. The zero-order chi connectivity index (χ0) is 19.2. The van der Waals surface area contributed by atoms with Gasteiger partial charge >= 0.3 is 0 Å². The highest BCUT2D eigenvalue weighted by Crippen LogP contribution is 2.21. The summed E-state index contributed by atoms with van der Waals surface area (Å²) in [5.74, 6) is 0. The summed E-state index contributed by atoms with van der Waals surface area (Å²) in [6, 6.07) is 9.02. The molecule has 0 N–H and O–H groups in total. The number of piperazine rings is 2. The van der Waals surface area contributed by atoms with Gasteiger partial charge in [0.25, 0.3) is 0 Å². The Morgan fingerprint density at radius 3 is 2.14 bits per heavy atom. The fourth-order valence-corrected chi connectivity index (χ4v) is 5.01. The summed E-state index contributed by atoms with van der Waals surface area (Å²) < 4.78 is 5.51. The van der Waals surface area contributed by atoms with E-state index in [9.17, 15) is 0 Å². The van der Waals surface area contributed by atoms with Crippen molar-refractivity contribution in [3.8, 4) is 0 Å². The summed E-state index contributed by atoms with van der Waals surface area (Å²) in [7, 11) is 0. The van der Waals surface area contributed by atoms with Gasteiger partial charge in [-0.05, 0) is 50.6 Å². The highest BCUT2D eigenvalue weighted by atomic mass is 35.5. The van der Waals surface area contributed by atoms with Crippen LogP contribution in [0.5, 0.6) is 0 Å². The Labute approximate surface area is 175 Å². The standard InChI is InChI=1S/C22H35ClN4O/c23-20-3-1-4-22(19-20)27-15-11-25(12-16-27)8-2-7-24-9-13-26(14-10-24)21-5-17-28-18-6-21/h1,3-4,19,21H,2,5-18H2. The van der Waals surface area contributed by atoms with Gasteiger partial charge in [0.2, 0.25) is 0 Å². The molecule has 6 heteroatoms. The van der Waals surface area contributed by atoms with Gasteiger partial charge in [-0.2, -0.15) is 0 Å². The Kier molecular flexibility index (Phi) is 7.48. The minimum absolute atomic E-state index is 0.770. The molecule has 0 aliphatic carbocycles. The number of hydrogen-bond donors (Lipinski definition) is 0. The van der Waals surface area contributed by atoms with E-state index in [4.69, 9.17) is 16.3 Å². The van der Waals surface area contributed by atoms with Crippen LogP contribution in [0.1, 0.15) is 19.3 Å². The van der Waals surface area contributed by atoms with Crippen molar-refractivity contribution >= 4 is 17.3 Å². The Morgan fingerprint density at radius 2 is 1.50 bits per heavy atom. The quantitative estimate of drug-likeness (QED) is 0.722. The van der Waals surface area contributed by atoms with Crippen molar-refractivity contribution in [3.05, 3.63) is 29.3 Å². The molecule has 0 bridgehead atoms. The Bertz CT molecular complexity index is 594. The molecule has 0 radical (unpaired) electrons. The monoisotopic (exact) mass is 406 g/mol. The van der Waals surface area contributed by atoms with Crippen LogP contribution in [0.25, 0.3) is 0 Å². The molecule has 3 heterocycles. The summed E-state index contributed by atoms with van der Waals surface area (Å²) in [5, 5.41) is 0.830. The van der Waals surface area contributed by atoms with E-state index in [-0.39, 0.29) is 0 Å². The van der Waals surface area contributed by atoms with Crippen LogP contribution in [0, 0.1) is 0 Å². The molecule has 28 heavy (non-hydrogen) atoms. The van der Waals surface area contributed by atoms with E-state index in [2.05, 4.69) is 31.7 Å². The van der Waals surface area contributed by atoms with Crippen LogP contribution in [0.2, 0.25) is 5.02 Å². The Morgan fingerprint density at radius 1 is 0.857 bits per heavy atom. The predicted molar refractivity (Wildman–Crippen MR) is 117 cm³/mol. The molecular formula is C22H35ClN4O. The van der Waals surface area contributed by atoms with Gasteiger partial charge in [0.15, 0.2) is 0 Å². The van der Waals surface area contributed by atoms with E-state index in [1.807, 2.05) is 12.1 Å². The van der Waals surface area contributed by atoms with Gasteiger partial charge in [-0.1, -0.05) is 17.7 Å². The van der Waals surface area contributed by atoms with Gasteiger partial charge in [0, 0.05) is 82.3 Å². The van der Waals surface area contributed by atoms with Crippen molar-refractivity contribution in [1.29, 1.82) is 0 Å². The molecule has 3 aliphatic rings. The van der Waals surface area contributed by atoms with Gasteiger partial charge in [0.1, 0.15) is 0 Å². The van der Waals surface area contributed by atoms with Crippen LogP contribution in [0.3, 0.4) is 0 Å². The average Bonchev–Trinajstić information content (AvgIpc) is 2.75. The van der Waals surface area contributed by atoms with E-state index in [1.165, 1.54) is 64.2 Å². The van der Waals surface area contributed by atoms with Crippen molar-refractivity contribution in [2.75, 3.05) is 83.6 Å². The number of nitrogens with zero attached hydrogens (tertiary/aromatic N) is 4. The third kappa shape index (κ3) is 5.61. The van der Waals surface area contributed by atoms with Gasteiger partial charge in [-0.3, -0.25) is 9.80 Å². The van der Waals surface area contributed by atoms with Crippen molar-refractivity contribution < 1.29 is 4.74 Å². The molecule has 0 amide bonds. The molecule has 3 saturated heterocycles. The maximum absolute atomic E-state index is 6.14. The van der Waals surface area contributed by atoms with Crippen LogP contribution in [0.15, 0.2) is 24.3 Å². The lowest BCUT2D eigenvalue weighted by molar-refractivity contribution is 0.0133. The van der Waals surface area contributed by atoms with E-state index in [0.29, 0.717) is 0 Å². The molecule has 3 fully saturated rings. The van der Waals surface area contributed by atoms with Crippen LogP contribution < -0.4 is 4.90 Å². The molecule has 4 rings (SSSR count). The summed E-state index contributed by atoms with van der Waals surface area (Å²) >= 11 is 6.14. The first-order chi connectivity index (χ1) is 13.8. The summed E-state index contributed by atoms with van der Waals surface area (Å²) in [4.78, 5) is 10.4. The smallest absolute Gasteiger partial charge is 0.0480 e. The lowest BCUT2D eigenvalue weighted by atomic mass is 10.1. The van der Waals surface area contributed by atoms with Gasteiger partial charge in [-0.25, -0.2) is 0 Å². The number of ether oxygens (including phenoxy) is 1. The van der Waals surface area contributed by atoms with Gasteiger partial charge in [-0.15, -0.1) is 0 Å². The summed E-state index contributed by atoms with van der Waals surface area (Å²) in [5.41, 5.74) is 1.26. The maximum atomic E-state index is 6.14. The average molecular weight is 407 g/mol. The van der Waals surface area contributed by atoms with Crippen LogP contribution in [-0.4, -0.2) is 99.4 Å². The Balaban J connectivity index is 1.10. The second kappa shape index (κ2) is 10.3. The SMILES string of the molecule is Clc1cccc(N2CCN(CCCN3CCN(C4CCOCC4)CC3)CC2)c1. The van der Waals surface area contributed by atoms with Crippen LogP contribution in [-0.2, 0) is 4.74 Å². The molecule has 1 aromatic carbocycles. The summed E-state index contributed by atoms with van der Waals surface area (Å²) in [6.45, 7) is 13.8. The first kappa shape index (κ1) is 20.4. The van der Waals surface area contributed by atoms with Crippen molar-refractivity contribution in [2.45, 2.75) is 25.3 Å². The van der Waals surface area contributed by atoms with Crippen molar-refractivity contribution in [3.63, 3.8) is 0 Å². The third-order valence-corrected chi connectivity index (χ3v) is 6.84. The molecule has 0 saturated carbocycles. The second-order valence-corrected chi connectivity index (χ2v) is 8.82. The maximum Gasteiger partial charge on any atom is 0.0480 e. The van der Waals surface area contributed by atoms with Crippen molar-refractivity contribution in [2.24, 2.45) is 0 Å². The second-order valence-electron chi connectivity index (χ2n) is 8.38. The minimum Gasteiger partial charge on any atom is -0.381 e. The number of benzene rings is 1. The van der Waals surface area contributed by atoms with Crippen LogP contribution >= 0.6 is 11.6 Å². The lowest BCUT2D eigenvalue weighted by Crippen LogP contribution is -2.52. The number of halogens is 1. The molecule has 1 aromatic rings. The molecule has 3 aliphatic heterocycles. The normalized spacial score (nSPS) is 24.0. The third-order valence-electron chi connectivity index (χ3n) is 6.61. The fourth-order valence-electron chi connectivity index (χ4n) is 4.82. The van der Waals surface area contributed by atoms with Crippen LogP contribution in [0.4, 0.5) is 5.69 Å². The number of rotatable bonds is 6. The number of anilines is 1. The minimum atomic E-state index is 0.770. The van der Waals surface area contributed by atoms with Gasteiger partial charge < -0.3 is 14.5 Å². The van der Waals surface area contributed by atoms with Crippen molar-refractivity contribution in [1.82, 2.24) is 14.7 Å². The zero-order valence-corrected chi connectivity index (χ0v) is 17.8. The first-order valence-corrected chi connectivity index (χ1v) is 11.4. The largest absolute Gasteiger partial charge is 0.381 e. The Hall–Kier alpha value is -0.850. The van der Waals surface area contributed by atoms with E-state index in [0.717, 1.165) is 50.5 Å². The highest BCUT2D eigenvalue weighted by Gasteiger charge is 2.25. The molecule has 0 aromatic heterocycles. The topological polar surface area (TPSA) is 22.2 Å². The van der Waals surface area contributed by atoms with E-state index < -0.39 is 0 Å². The highest BCUT2D eigenvalue weighted by molar-refractivity contribution is 6.30. The first-order valence-electron chi connectivity index (χ1n) is 11.0. The fraction of sp³-hybridized carbons (Fsp3) is 0.727. The molecule has 0 atom stereocenters. The molecular weight excluding hydrogens is 372 g/mol. The summed E-state index contributed by atoms with van der Waals surface area (Å²) in [6.07, 6.45) is 3.73. The molecule has 156 valence electrons. The molecule has 0 spiro atoms. The number of hydrogen-bond acceptors (Lipinski definition) is 5. The van der Waals surface area contributed by atoms with Gasteiger partial charge in [0.05, 0.1) is 0 Å².